The quantitative estimate of drug-likeness (QED) is 0.249. The Kier molecular flexibility index (Phi) is 12.6. The van der Waals surface area contributed by atoms with Gasteiger partial charge in [-0.15, -0.1) is 0 Å². The molecule has 232 valence electrons. The maximum atomic E-state index is 6.21. The minimum absolute atomic E-state index is 0.552. The summed E-state index contributed by atoms with van der Waals surface area (Å²) in [4.78, 5) is 16.8. The summed E-state index contributed by atoms with van der Waals surface area (Å²) in [6, 6.07) is 2.71. The third kappa shape index (κ3) is 10.5. The molecule has 0 unspecified atom stereocenters. The molecular formula is C31H57N9O. The van der Waals surface area contributed by atoms with Crippen LogP contribution in [0.5, 0.6) is 0 Å². The number of morpholine rings is 1. The third-order valence-electron chi connectivity index (χ3n) is 9.78. The van der Waals surface area contributed by atoms with Crippen LogP contribution in [0.4, 0.5) is 17.6 Å². The number of nitrogens with two attached hydrogens (primary N) is 1. The molecule has 5 rings (SSSR count). The molecule has 4 fully saturated rings. The van der Waals surface area contributed by atoms with Gasteiger partial charge in [0, 0.05) is 71.0 Å². The maximum absolute atomic E-state index is 6.21. The van der Waals surface area contributed by atoms with E-state index in [-0.39, 0.29) is 0 Å². The van der Waals surface area contributed by atoms with Gasteiger partial charge in [0.25, 0.3) is 0 Å². The second-order valence-corrected chi connectivity index (χ2v) is 12.9. The summed E-state index contributed by atoms with van der Waals surface area (Å²) in [5, 5.41) is 11.0. The molecule has 2 saturated heterocycles. The number of ether oxygens (including phenoxy) is 1. The van der Waals surface area contributed by atoms with E-state index in [1.54, 1.807) is 0 Å². The fraction of sp³-hybridized carbons (Fsp3) is 0.871. The van der Waals surface area contributed by atoms with Crippen molar-refractivity contribution < 1.29 is 4.74 Å². The maximum Gasteiger partial charge on any atom is 0.226 e. The average molecular weight is 572 g/mol. The summed E-state index contributed by atoms with van der Waals surface area (Å²) in [7, 11) is 0. The molecule has 0 aromatic carbocycles. The lowest BCUT2D eigenvalue weighted by atomic mass is 9.82. The second kappa shape index (κ2) is 16.8. The zero-order valence-electron chi connectivity index (χ0n) is 25.5. The zero-order chi connectivity index (χ0) is 28.1. The van der Waals surface area contributed by atoms with Gasteiger partial charge in [-0.1, -0.05) is 19.3 Å². The van der Waals surface area contributed by atoms with Crippen molar-refractivity contribution in [1.29, 1.82) is 0 Å². The van der Waals surface area contributed by atoms with E-state index in [0.717, 1.165) is 103 Å². The Morgan fingerprint density at radius 1 is 0.780 bits per heavy atom. The van der Waals surface area contributed by atoms with Gasteiger partial charge in [-0.05, 0) is 76.4 Å². The summed E-state index contributed by atoms with van der Waals surface area (Å²) in [5.74, 6) is 3.70. The number of hydrogen-bond acceptors (Lipinski definition) is 10. The van der Waals surface area contributed by atoms with Crippen LogP contribution in [0.2, 0.25) is 0 Å². The highest BCUT2D eigenvalue weighted by Crippen LogP contribution is 2.29. The summed E-state index contributed by atoms with van der Waals surface area (Å²) in [5.41, 5.74) is 6.21. The van der Waals surface area contributed by atoms with E-state index < -0.39 is 0 Å². The van der Waals surface area contributed by atoms with Crippen molar-refractivity contribution in [2.45, 2.75) is 70.3 Å². The SMILES string of the molecule is Nc1cc(N2CCN(CCN3CCOCC3)CC2)nc(NCC2CCC(CNCCCNC3CCCCC3)CC2)n1. The fourth-order valence-corrected chi connectivity index (χ4v) is 7.01. The van der Waals surface area contributed by atoms with Crippen LogP contribution in [-0.2, 0) is 4.74 Å². The Balaban J connectivity index is 0.939. The van der Waals surface area contributed by atoms with Crippen LogP contribution in [0.1, 0.15) is 64.2 Å². The lowest BCUT2D eigenvalue weighted by Crippen LogP contribution is -2.49. The number of rotatable bonds is 14. The molecule has 3 heterocycles. The van der Waals surface area contributed by atoms with E-state index >= 15 is 0 Å². The first kappa shape index (κ1) is 30.7. The molecule has 1 aromatic rings. The van der Waals surface area contributed by atoms with Crippen molar-refractivity contribution in [2.75, 3.05) is 108 Å². The van der Waals surface area contributed by atoms with Gasteiger partial charge in [0.2, 0.25) is 5.95 Å². The highest BCUT2D eigenvalue weighted by molar-refractivity contribution is 5.51. The largest absolute Gasteiger partial charge is 0.383 e. The number of hydrogen-bond donors (Lipinski definition) is 4. The number of aromatic nitrogens is 2. The molecule has 4 aliphatic rings. The number of anilines is 3. The van der Waals surface area contributed by atoms with E-state index in [1.165, 1.54) is 70.8 Å². The Labute approximate surface area is 248 Å². The van der Waals surface area contributed by atoms with Crippen LogP contribution in [-0.4, -0.2) is 118 Å². The molecule has 41 heavy (non-hydrogen) atoms. The number of piperazine rings is 1. The smallest absolute Gasteiger partial charge is 0.226 e. The first-order valence-electron chi connectivity index (χ1n) is 16.8. The van der Waals surface area contributed by atoms with Gasteiger partial charge in [-0.3, -0.25) is 9.80 Å². The lowest BCUT2D eigenvalue weighted by molar-refractivity contribution is 0.0331. The molecule has 2 saturated carbocycles. The summed E-state index contributed by atoms with van der Waals surface area (Å²) < 4.78 is 5.47. The number of nitrogens with one attached hydrogen (secondary N) is 3. The van der Waals surface area contributed by atoms with Crippen LogP contribution < -0.4 is 26.6 Å². The summed E-state index contributed by atoms with van der Waals surface area (Å²) >= 11 is 0. The van der Waals surface area contributed by atoms with Crippen LogP contribution in [0, 0.1) is 11.8 Å². The topological polar surface area (TPSA) is 107 Å². The van der Waals surface area contributed by atoms with Gasteiger partial charge < -0.3 is 31.3 Å². The molecule has 10 heteroatoms. The third-order valence-corrected chi connectivity index (χ3v) is 9.78. The molecule has 0 radical (unpaired) electrons. The molecule has 0 atom stereocenters. The zero-order valence-corrected chi connectivity index (χ0v) is 25.5. The van der Waals surface area contributed by atoms with Crippen molar-refractivity contribution in [3.63, 3.8) is 0 Å². The highest BCUT2D eigenvalue weighted by atomic mass is 16.5. The Bertz CT molecular complexity index is 861. The van der Waals surface area contributed by atoms with E-state index in [9.17, 15) is 0 Å². The van der Waals surface area contributed by atoms with E-state index in [1.807, 2.05) is 6.07 Å². The predicted molar refractivity (Wildman–Crippen MR) is 169 cm³/mol. The van der Waals surface area contributed by atoms with Crippen molar-refractivity contribution >= 4 is 17.6 Å². The van der Waals surface area contributed by atoms with Crippen LogP contribution in [0.15, 0.2) is 6.07 Å². The van der Waals surface area contributed by atoms with Crippen LogP contribution in [0.25, 0.3) is 0 Å². The van der Waals surface area contributed by atoms with Gasteiger partial charge in [0.05, 0.1) is 13.2 Å². The lowest BCUT2D eigenvalue weighted by Gasteiger charge is -2.37. The molecular weight excluding hydrogens is 514 g/mol. The summed E-state index contributed by atoms with van der Waals surface area (Å²) in [6.45, 7) is 14.6. The van der Waals surface area contributed by atoms with E-state index in [2.05, 4.69) is 35.6 Å². The van der Waals surface area contributed by atoms with Gasteiger partial charge in [0.15, 0.2) is 0 Å². The minimum atomic E-state index is 0.552. The molecule has 2 aliphatic heterocycles. The van der Waals surface area contributed by atoms with Gasteiger partial charge >= 0.3 is 0 Å². The molecule has 0 spiro atoms. The Hall–Kier alpha value is -1.72. The Morgan fingerprint density at radius 2 is 1.46 bits per heavy atom. The Morgan fingerprint density at radius 3 is 2.20 bits per heavy atom. The number of nitrogens with zero attached hydrogens (tertiary/aromatic N) is 5. The molecule has 2 aliphatic carbocycles. The van der Waals surface area contributed by atoms with Crippen molar-refractivity contribution in [3.8, 4) is 0 Å². The van der Waals surface area contributed by atoms with Gasteiger partial charge in [0.1, 0.15) is 11.6 Å². The molecule has 10 nitrogen and oxygen atoms in total. The monoisotopic (exact) mass is 571 g/mol. The standard InChI is InChI=1S/C31H57N9O/c32-29-23-30(40-17-15-38(16-18-40)13-14-39-19-21-41-22-20-39)37-31(36-29)35-25-27-9-7-26(8-10-27)24-33-11-4-12-34-28-5-2-1-3-6-28/h23,26-28,33-34H,1-22,24-25H2,(H3,32,35,36,37). The van der Waals surface area contributed by atoms with Crippen LogP contribution >= 0.6 is 0 Å². The predicted octanol–water partition coefficient (Wildman–Crippen LogP) is 2.63. The van der Waals surface area contributed by atoms with Crippen molar-refractivity contribution in [1.82, 2.24) is 30.4 Å². The molecule has 1 aromatic heterocycles. The molecule has 0 amide bonds. The van der Waals surface area contributed by atoms with Crippen molar-refractivity contribution in [3.05, 3.63) is 6.07 Å². The van der Waals surface area contributed by atoms with Crippen molar-refractivity contribution in [2.24, 2.45) is 11.8 Å². The van der Waals surface area contributed by atoms with Gasteiger partial charge in [-0.25, -0.2) is 0 Å². The van der Waals surface area contributed by atoms with E-state index in [0.29, 0.717) is 17.7 Å². The number of nitrogen functional groups attached to an aromatic ring is 1. The normalized spacial score (nSPS) is 25.4. The fourth-order valence-electron chi connectivity index (χ4n) is 7.01. The summed E-state index contributed by atoms with van der Waals surface area (Å²) in [6.07, 6.45) is 13.5. The first-order chi connectivity index (χ1) is 20.2. The highest BCUT2D eigenvalue weighted by Gasteiger charge is 2.23. The molecule has 5 N–H and O–H groups in total. The minimum Gasteiger partial charge on any atom is -0.383 e. The average Bonchev–Trinajstić information content (AvgIpc) is 3.02. The second-order valence-electron chi connectivity index (χ2n) is 12.9. The van der Waals surface area contributed by atoms with Crippen LogP contribution in [0.3, 0.4) is 0 Å². The van der Waals surface area contributed by atoms with Gasteiger partial charge in [-0.2, -0.15) is 9.97 Å². The van der Waals surface area contributed by atoms with E-state index in [4.69, 9.17) is 15.5 Å². The molecule has 0 bridgehead atoms. The first-order valence-corrected chi connectivity index (χ1v) is 16.8.